The summed E-state index contributed by atoms with van der Waals surface area (Å²) in [7, 11) is 32.7. The summed E-state index contributed by atoms with van der Waals surface area (Å²) in [6.07, 6.45) is 0. The van der Waals surface area contributed by atoms with Crippen molar-refractivity contribution in [1.29, 1.82) is 0 Å². The molecule has 0 N–H and O–H groups in total. The maximum atomic E-state index is 2.51. The van der Waals surface area contributed by atoms with Crippen LogP contribution in [0, 0.1) is 0 Å². The van der Waals surface area contributed by atoms with E-state index in [2.05, 4.69) is 171 Å². The number of hydrogen-bond acceptors (Lipinski definition) is 0. The van der Waals surface area contributed by atoms with Gasteiger partial charge in [-0.2, -0.15) is 0 Å². The summed E-state index contributed by atoms with van der Waals surface area (Å²) in [4.78, 5) is 0. The van der Waals surface area contributed by atoms with Gasteiger partial charge in [-0.3, -0.25) is 0 Å². The number of nitrogens with zero attached hydrogens (tertiary/aromatic N) is 6. The lowest BCUT2D eigenvalue weighted by atomic mass is 10.1. The topological polar surface area (TPSA) is 0 Å². The van der Waals surface area contributed by atoms with Crippen LogP contribution in [0.25, 0.3) is 0 Å². The van der Waals surface area contributed by atoms with Crippen LogP contribution in [-0.2, 0) is 39.3 Å². The Labute approximate surface area is 296 Å². The van der Waals surface area contributed by atoms with E-state index in [9.17, 15) is 0 Å². The average Bonchev–Trinajstić information content (AvgIpc) is 2.88. The van der Waals surface area contributed by atoms with Crippen LogP contribution in [0.4, 0.5) is 0 Å². The average molecular weight is 663 g/mol. The summed E-state index contributed by atoms with van der Waals surface area (Å²) in [5.41, 5.74) is 8.63. The van der Waals surface area contributed by atoms with Crippen molar-refractivity contribution in [2.24, 2.45) is 0 Å². The van der Waals surface area contributed by atoms with Gasteiger partial charge in [-0.05, 0) is 18.2 Å². The maximum Gasteiger partial charge on any atom is 0.129 e. The summed E-state index contributed by atoms with van der Waals surface area (Å²) in [5.74, 6) is 0. The van der Waals surface area contributed by atoms with Crippen molar-refractivity contribution in [3.8, 4) is 0 Å². The van der Waals surface area contributed by atoms with Crippen molar-refractivity contribution in [2.45, 2.75) is 39.3 Å². The van der Waals surface area contributed by atoms with E-state index in [4.69, 9.17) is 0 Å². The highest BCUT2D eigenvalue weighted by Gasteiger charge is 2.31. The first-order valence-electron chi connectivity index (χ1n) is 18.0. The van der Waals surface area contributed by atoms with Gasteiger partial charge >= 0.3 is 0 Å². The van der Waals surface area contributed by atoms with Gasteiger partial charge in [0.25, 0.3) is 0 Å². The molecule has 0 atom stereocenters. The van der Waals surface area contributed by atoms with Crippen molar-refractivity contribution < 1.29 is 26.9 Å². The van der Waals surface area contributed by atoms with Gasteiger partial charge in [-0.25, -0.2) is 0 Å². The fraction of sp³-hybridized carbons (Fsp3) is 0.571. The Morgan fingerprint density at radius 3 is 0.833 bits per heavy atom. The third-order valence-electron chi connectivity index (χ3n) is 9.22. The van der Waals surface area contributed by atoms with Crippen LogP contribution in [-0.4, -0.2) is 152 Å². The standard InChI is InChI=1S/C42H74N6/c1-43(2,3)31-37-18-15-21-40(28-37)34-46(10,11)24-26-48(14,36-42-23-17-20-39(30-42)33-45(7,8)9)27-25-47(12,13)35-41-22-16-19-38(29-41)32-44(4,5)6/h15-23,28-30H,24-27,31-36H2,1-14H3/q+6. The van der Waals surface area contributed by atoms with Crippen LogP contribution in [0.3, 0.4) is 0 Å². The molecule has 0 saturated carbocycles. The Kier molecular flexibility index (Phi) is 12.9. The monoisotopic (exact) mass is 663 g/mol. The predicted molar refractivity (Wildman–Crippen MR) is 206 cm³/mol. The van der Waals surface area contributed by atoms with Gasteiger partial charge < -0.3 is 26.9 Å². The zero-order chi connectivity index (χ0) is 36.0. The third-order valence-corrected chi connectivity index (χ3v) is 9.22. The minimum atomic E-state index is 0.943. The molecule has 0 aromatic heterocycles. The molecule has 3 aromatic rings. The highest BCUT2D eigenvalue weighted by Crippen LogP contribution is 2.21. The van der Waals surface area contributed by atoms with Gasteiger partial charge in [-0.15, -0.1) is 0 Å². The molecule has 0 bridgehead atoms. The van der Waals surface area contributed by atoms with Crippen molar-refractivity contribution >= 4 is 0 Å². The Hall–Kier alpha value is -2.58. The Morgan fingerprint density at radius 2 is 0.562 bits per heavy atom. The quantitative estimate of drug-likeness (QED) is 0.151. The second-order valence-electron chi connectivity index (χ2n) is 19.7. The molecule has 6 heteroatoms. The lowest BCUT2D eigenvalue weighted by Crippen LogP contribution is -2.56. The molecule has 0 spiro atoms. The Morgan fingerprint density at radius 1 is 0.312 bits per heavy atom. The first-order chi connectivity index (χ1) is 21.9. The lowest BCUT2D eigenvalue weighted by Gasteiger charge is -2.40. The van der Waals surface area contributed by atoms with Crippen molar-refractivity contribution in [2.75, 3.05) is 125 Å². The van der Waals surface area contributed by atoms with Crippen LogP contribution >= 0.6 is 0 Å². The van der Waals surface area contributed by atoms with Crippen molar-refractivity contribution in [1.82, 2.24) is 0 Å². The first kappa shape index (κ1) is 39.9. The van der Waals surface area contributed by atoms with Crippen LogP contribution in [0.1, 0.15) is 33.4 Å². The number of likely N-dealkylation sites (N-methyl/N-ethyl adjacent to an activating group) is 3. The molecule has 6 nitrogen and oxygen atoms in total. The van der Waals surface area contributed by atoms with Gasteiger partial charge in [0, 0.05) is 33.4 Å². The molecular weight excluding hydrogens is 589 g/mol. The minimum Gasteiger partial charge on any atom is -0.327 e. The van der Waals surface area contributed by atoms with Crippen LogP contribution in [0.5, 0.6) is 0 Å². The molecule has 0 fully saturated rings. The molecule has 0 aliphatic carbocycles. The molecule has 3 rings (SSSR count). The SMILES string of the molecule is C[N+](C)(C)Cc1cccc(C[N+](C)(C)CC[N+](C)(CC[N+](C)(C)Cc2cccc(C[N+](C)(C)C)c2)Cc2cccc(C[N+](C)(C)C)c2)c1. The van der Waals surface area contributed by atoms with Crippen LogP contribution in [0.15, 0.2) is 72.8 Å². The summed E-state index contributed by atoms with van der Waals surface area (Å²) in [5, 5.41) is 0. The van der Waals surface area contributed by atoms with Crippen LogP contribution in [0.2, 0.25) is 0 Å². The number of benzene rings is 3. The molecule has 0 unspecified atom stereocenters. The molecule has 0 amide bonds. The summed E-state index contributed by atoms with van der Waals surface area (Å²) in [6, 6.07) is 28.0. The molecule has 266 valence electrons. The smallest absolute Gasteiger partial charge is 0.129 e. The first-order valence-corrected chi connectivity index (χ1v) is 18.0. The van der Waals surface area contributed by atoms with Gasteiger partial charge in [0.1, 0.15) is 65.4 Å². The third kappa shape index (κ3) is 15.3. The van der Waals surface area contributed by atoms with Crippen molar-refractivity contribution in [3.05, 3.63) is 106 Å². The lowest BCUT2D eigenvalue weighted by molar-refractivity contribution is -0.989. The van der Waals surface area contributed by atoms with Crippen molar-refractivity contribution in [3.63, 3.8) is 0 Å². The fourth-order valence-electron chi connectivity index (χ4n) is 7.00. The van der Waals surface area contributed by atoms with E-state index in [-0.39, 0.29) is 0 Å². The molecule has 3 aromatic carbocycles. The van der Waals surface area contributed by atoms with Gasteiger partial charge in [0.15, 0.2) is 0 Å². The maximum absolute atomic E-state index is 2.51. The molecule has 0 saturated heterocycles. The Balaban J connectivity index is 1.79. The van der Waals surface area contributed by atoms with Crippen LogP contribution < -0.4 is 0 Å². The number of hydrogen-bond donors (Lipinski definition) is 0. The van der Waals surface area contributed by atoms with Gasteiger partial charge in [0.2, 0.25) is 0 Å². The van der Waals surface area contributed by atoms with E-state index >= 15 is 0 Å². The second kappa shape index (κ2) is 15.5. The Bertz CT molecular complexity index is 1370. The number of quaternary nitrogens is 6. The molecule has 0 aliphatic heterocycles. The minimum absolute atomic E-state index is 0.943. The van der Waals surface area contributed by atoms with E-state index in [1.54, 1.807) is 0 Å². The highest BCUT2D eigenvalue weighted by molar-refractivity contribution is 5.24. The van der Waals surface area contributed by atoms with Gasteiger partial charge in [0.05, 0.1) is 98.7 Å². The van der Waals surface area contributed by atoms with E-state index in [0.29, 0.717) is 0 Å². The zero-order valence-corrected chi connectivity index (χ0v) is 33.7. The summed E-state index contributed by atoms with van der Waals surface area (Å²) in [6.45, 7) is 10.9. The molecule has 0 radical (unpaired) electrons. The van der Waals surface area contributed by atoms with E-state index in [1.165, 1.54) is 33.4 Å². The molecular formula is C42H74N6+6. The summed E-state index contributed by atoms with van der Waals surface area (Å²) < 4.78 is 5.86. The largest absolute Gasteiger partial charge is 0.327 e. The molecule has 0 aliphatic rings. The highest BCUT2D eigenvalue weighted by atomic mass is 15.4. The summed E-state index contributed by atoms with van der Waals surface area (Å²) >= 11 is 0. The van der Waals surface area contributed by atoms with E-state index in [1.807, 2.05) is 0 Å². The second-order valence-corrected chi connectivity index (χ2v) is 19.7. The fourth-order valence-corrected chi connectivity index (χ4v) is 7.00. The number of rotatable bonds is 18. The zero-order valence-electron chi connectivity index (χ0n) is 33.7. The predicted octanol–water partition coefficient (Wildman–Crippen LogP) is 5.81. The molecule has 48 heavy (non-hydrogen) atoms. The van der Waals surface area contributed by atoms with Gasteiger partial charge in [-0.1, -0.05) is 54.6 Å². The van der Waals surface area contributed by atoms with E-state index in [0.717, 1.165) is 92.3 Å². The molecule has 0 heterocycles. The normalized spacial score (nSPS) is 13.6. The van der Waals surface area contributed by atoms with E-state index < -0.39 is 0 Å².